The zero-order valence-electron chi connectivity index (χ0n) is 12.3. The molecule has 0 radical (unpaired) electrons. The second kappa shape index (κ2) is 5.10. The molecule has 0 heterocycles. The molecule has 0 aromatic carbocycles. The molecule has 0 aliphatic heterocycles. The fraction of sp³-hybridized carbons (Fsp3) is 1.00. The van der Waals surface area contributed by atoms with Crippen molar-refractivity contribution in [3.05, 3.63) is 0 Å². The van der Waals surface area contributed by atoms with Crippen LogP contribution in [-0.2, 0) is 4.74 Å². The van der Waals surface area contributed by atoms with Crippen LogP contribution in [0.2, 0.25) is 0 Å². The number of rotatable bonds is 6. The van der Waals surface area contributed by atoms with Gasteiger partial charge in [0.25, 0.3) is 0 Å². The van der Waals surface area contributed by atoms with Crippen LogP contribution in [0.3, 0.4) is 0 Å². The predicted molar refractivity (Wildman–Crippen MR) is 73.5 cm³/mol. The lowest BCUT2D eigenvalue weighted by Crippen LogP contribution is -2.39. The highest BCUT2D eigenvalue weighted by Gasteiger charge is 2.61. The minimum atomic E-state index is -0.379. The molecule has 0 saturated heterocycles. The van der Waals surface area contributed by atoms with E-state index >= 15 is 0 Å². The maximum absolute atomic E-state index is 9.84. The third-order valence-electron chi connectivity index (χ3n) is 5.83. The van der Waals surface area contributed by atoms with Crippen molar-refractivity contribution in [2.75, 3.05) is 19.7 Å². The summed E-state index contributed by atoms with van der Waals surface area (Å²) in [6, 6.07) is 0. The maximum Gasteiger partial charge on any atom is 0.0897 e. The minimum Gasteiger partial charge on any atom is -0.389 e. The smallest absolute Gasteiger partial charge is 0.0897 e. The molecule has 3 heteroatoms. The van der Waals surface area contributed by atoms with E-state index in [4.69, 9.17) is 4.74 Å². The first-order chi connectivity index (χ1) is 8.41. The van der Waals surface area contributed by atoms with E-state index in [-0.39, 0.29) is 6.10 Å². The second-order valence-corrected chi connectivity index (χ2v) is 6.89. The molecule has 0 aromatic heterocycles. The molecule has 4 unspecified atom stereocenters. The fourth-order valence-corrected chi connectivity index (χ4v) is 3.98. The predicted octanol–water partition coefficient (Wildman–Crippen LogP) is 2.19. The lowest BCUT2D eigenvalue weighted by Gasteiger charge is -2.39. The highest BCUT2D eigenvalue weighted by Crippen LogP contribution is 2.66. The Balaban J connectivity index is 1.85. The van der Waals surface area contributed by atoms with Crippen LogP contribution in [0.5, 0.6) is 0 Å². The monoisotopic (exact) mass is 255 g/mol. The average Bonchev–Trinajstić information content (AvgIpc) is 2.66. The summed E-state index contributed by atoms with van der Waals surface area (Å²) in [7, 11) is 0. The van der Waals surface area contributed by atoms with Gasteiger partial charge in [-0.15, -0.1) is 0 Å². The molecule has 0 amide bonds. The van der Waals surface area contributed by atoms with Crippen molar-refractivity contribution < 1.29 is 9.84 Å². The number of nitrogens with one attached hydrogen (secondary N) is 1. The molecule has 2 fully saturated rings. The summed E-state index contributed by atoms with van der Waals surface area (Å²) in [5, 5.41) is 13.0. The molecule has 4 atom stereocenters. The first-order valence-electron chi connectivity index (χ1n) is 7.42. The van der Waals surface area contributed by atoms with E-state index in [1.807, 2.05) is 6.92 Å². The van der Waals surface area contributed by atoms with Crippen molar-refractivity contribution >= 4 is 0 Å². The molecular weight excluding hydrogens is 226 g/mol. The van der Waals surface area contributed by atoms with Crippen molar-refractivity contribution in [2.45, 2.75) is 59.2 Å². The Hall–Kier alpha value is -0.120. The van der Waals surface area contributed by atoms with Crippen LogP contribution >= 0.6 is 0 Å². The zero-order valence-corrected chi connectivity index (χ0v) is 12.3. The number of hydrogen-bond donors (Lipinski definition) is 2. The van der Waals surface area contributed by atoms with E-state index in [2.05, 4.69) is 26.1 Å². The van der Waals surface area contributed by atoms with Gasteiger partial charge in [0.1, 0.15) is 0 Å². The van der Waals surface area contributed by atoms with Gasteiger partial charge in [0.2, 0.25) is 0 Å². The molecule has 2 bridgehead atoms. The van der Waals surface area contributed by atoms with Crippen molar-refractivity contribution in [1.82, 2.24) is 5.32 Å². The summed E-state index contributed by atoms with van der Waals surface area (Å²) < 4.78 is 6.04. The number of aliphatic hydroxyl groups is 1. The number of likely N-dealkylation sites (N-methyl/N-ethyl adjacent to an activating group) is 1. The topological polar surface area (TPSA) is 41.5 Å². The molecule has 18 heavy (non-hydrogen) atoms. The summed E-state index contributed by atoms with van der Waals surface area (Å²) in [6.07, 6.45) is 3.76. The quantitative estimate of drug-likeness (QED) is 0.764. The molecule has 3 nitrogen and oxygen atoms in total. The minimum absolute atomic E-state index is 0.301. The molecular formula is C15H29NO2. The lowest BCUT2D eigenvalue weighted by molar-refractivity contribution is -0.0741. The normalized spacial score (nSPS) is 39.2. The van der Waals surface area contributed by atoms with Crippen LogP contribution in [-0.4, -0.2) is 37.0 Å². The van der Waals surface area contributed by atoms with Gasteiger partial charge in [-0.2, -0.15) is 0 Å². The third-order valence-corrected chi connectivity index (χ3v) is 5.83. The summed E-state index contributed by atoms with van der Waals surface area (Å²) >= 11 is 0. The first kappa shape index (κ1) is 14.3. The molecule has 2 rings (SSSR count). The van der Waals surface area contributed by atoms with Crippen LogP contribution in [0.1, 0.15) is 47.0 Å². The Morgan fingerprint density at radius 2 is 2.11 bits per heavy atom. The fourth-order valence-electron chi connectivity index (χ4n) is 3.98. The van der Waals surface area contributed by atoms with Crippen molar-refractivity contribution in [3.63, 3.8) is 0 Å². The molecule has 0 spiro atoms. The Morgan fingerprint density at radius 3 is 2.61 bits per heavy atom. The lowest BCUT2D eigenvalue weighted by atomic mass is 9.70. The average molecular weight is 255 g/mol. The van der Waals surface area contributed by atoms with Gasteiger partial charge < -0.3 is 15.2 Å². The largest absolute Gasteiger partial charge is 0.389 e. The van der Waals surface area contributed by atoms with Gasteiger partial charge in [0.15, 0.2) is 0 Å². The van der Waals surface area contributed by atoms with Gasteiger partial charge in [0, 0.05) is 6.54 Å². The summed E-state index contributed by atoms with van der Waals surface area (Å²) in [4.78, 5) is 0. The summed E-state index contributed by atoms with van der Waals surface area (Å²) in [5.74, 6) is 0.804. The molecule has 2 aliphatic carbocycles. The number of aliphatic hydroxyl groups excluding tert-OH is 1. The van der Waals surface area contributed by atoms with E-state index in [1.54, 1.807) is 0 Å². The van der Waals surface area contributed by atoms with E-state index in [9.17, 15) is 5.11 Å². The Labute approximate surface area is 111 Å². The zero-order chi connectivity index (χ0) is 13.4. The summed E-state index contributed by atoms with van der Waals surface area (Å²) in [5.41, 5.74) is 0.694. The van der Waals surface area contributed by atoms with Gasteiger partial charge in [-0.05, 0) is 42.6 Å². The van der Waals surface area contributed by atoms with E-state index in [1.165, 1.54) is 19.3 Å². The number of hydrogen-bond acceptors (Lipinski definition) is 3. The van der Waals surface area contributed by atoms with Gasteiger partial charge in [-0.1, -0.05) is 27.7 Å². The Morgan fingerprint density at radius 1 is 1.39 bits per heavy atom. The van der Waals surface area contributed by atoms with Crippen LogP contribution in [0, 0.1) is 16.7 Å². The van der Waals surface area contributed by atoms with Crippen LogP contribution in [0.25, 0.3) is 0 Å². The standard InChI is InChI=1S/C15H29NO2/c1-5-16-9-12(17)10-18-13-8-11-6-7-15(13,4)14(11,2)3/h11-13,16-17H,5-10H2,1-4H3. The van der Waals surface area contributed by atoms with Gasteiger partial charge in [-0.3, -0.25) is 0 Å². The van der Waals surface area contributed by atoms with Gasteiger partial charge in [-0.25, -0.2) is 0 Å². The molecule has 2 aliphatic rings. The number of ether oxygens (including phenoxy) is 1. The summed E-state index contributed by atoms with van der Waals surface area (Å²) in [6.45, 7) is 11.2. The maximum atomic E-state index is 9.84. The second-order valence-electron chi connectivity index (χ2n) is 6.89. The van der Waals surface area contributed by atoms with E-state index in [0.29, 0.717) is 30.1 Å². The van der Waals surface area contributed by atoms with Crippen LogP contribution in [0.15, 0.2) is 0 Å². The molecule has 2 saturated carbocycles. The molecule has 106 valence electrons. The van der Waals surface area contributed by atoms with Crippen LogP contribution < -0.4 is 5.32 Å². The first-order valence-corrected chi connectivity index (χ1v) is 7.42. The molecule has 2 N–H and O–H groups in total. The van der Waals surface area contributed by atoms with Gasteiger partial charge in [0.05, 0.1) is 18.8 Å². The number of fused-ring (bicyclic) bond motifs is 2. The highest BCUT2D eigenvalue weighted by molar-refractivity contribution is 5.11. The Kier molecular flexibility index (Phi) is 4.05. The highest BCUT2D eigenvalue weighted by atomic mass is 16.5. The SMILES string of the molecule is CCNCC(O)COC1CC2CCC1(C)C2(C)C. The van der Waals surface area contributed by atoms with E-state index < -0.39 is 0 Å². The van der Waals surface area contributed by atoms with Gasteiger partial charge >= 0.3 is 0 Å². The third kappa shape index (κ3) is 2.21. The van der Waals surface area contributed by atoms with E-state index in [0.717, 1.165) is 12.5 Å². The van der Waals surface area contributed by atoms with Crippen molar-refractivity contribution in [2.24, 2.45) is 16.7 Å². The van der Waals surface area contributed by atoms with Crippen molar-refractivity contribution in [1.29, 1.82) is 0 Å². The van der Waals surface area contributed by atoms with Crippen molar-refractivity contribution in [3.8, 4) is 0 Å². The Bertz CT molecular complexity index is 292. The molecule has 0 aromatic rings. The van der Waals surface area contributed by atoms with Crippen LogP contribution in [0.4, 0.5) is 0 Å².